The Balaban J connectivity index is 1.85. The number of hydrogen-bond donors (Lipinski definition) is 2. The van der Waals surface area contributed by atoms with E-state index in [0.29, 0.717) is 18.5 Å². The highest BCUT2D eigenvalue weighted by molar-refractivity contribution is 4.98. The summed E-state index contributed by atoms with van der Waals surface area (Å²) < 4.78 is 0. The molecule has 3 nitrogen and oxygen atoms in total. The topological polar surface area (TPSA) is 49.5 Å². The molecule has 0 bridgehead atoms. The maximum atomic E-state index is 10.5. The number of hydrogen-bond acceptors (Lipinski definition) is 3. The fourth-order valence-electron chi connectivity index (χ4n) is 3.23. The van der Waals surface area contributed by atoms with Gasteiger partial charge in [-0.05, 0) is 57.4 Å². The van der Waals surface area contributed by atoms with E-state index in [9.17, 15) is 5.11 Å². The first kappa shape index (κ1) is 13.3. The molecule has 0 spiro atoms. The van der Waals surface area contributed by atoms with Gasteiger partial charge >= 0.3 is 0 Å². The quantitative estimate of drug-likeness (QED) is 0.767. The Morgan fingerprint density at radius 3 is 2.24 bits per heavy atom. The van der Waals surface area contributed by atoms with E-state index < -0.39 is 5.60 Å². The highest BCUT2D eigenvalue weighted by atomic mass is 16.3. The van der Waals surface area contributed by atoms with E-state index in [1.807, 2.05) is 0 Å². The molecule has 1 atom stereocenters. The van der Waals surface area contributed by atoms with Gasteiger partial charge in [0.05, 0.1) is 5.60 Å². The summed E-state index contributed by atoms with van der Waals surface area (Å²) >= 11 is 0. The fraction of sp³-hybridized carbons (Fsp3) is 1.00. The lowest BCUT2D eigenvalue weighted by atomic mass is 9.86. The van der Waals surface area contributed by atoms with Gasteiger partial charge in [0, 0.05) is 19.1 Å². The molecule has 0 saturated heterocycles. The minimum absolute atomic E-state index is 0.408. The van der Waals surface area contributed by atoms with Crippen LogP contribution in [-0.2, 0) is 0 Å². The van der Waals surface area contributed by atoms with Crippen LogP contribution in [0.15, 0.2) is 0 Å². The first-order chi connectivity index (χ1) is 8.05. The molecule has 2 rings (SSSR count). The zero-order chi connectivity index (χ0) is 12.5. The van der Waals surface area contributed by atoms with Crippen LogP contribution in [-0.4, -0.2) is 41.8 Å². The van der Waals surface area contributed by atoms with Crippen LogP contribution < -0.4 is 5.73 Å². The Morgan fingerprint density at radius 1 is 1.18 bits per heavy atom. The number of aliphatic hydroxyl groups is 1. The molecule has 2 fully saturated rings. The second-order valence-electron chi connectivity index (χ2n) is 6.41. The van der Waals surface area contributed by atoms with Crippen LogP contribution in [0.3, 0.4) is 0 Å². The summed E-state index contributed by atoms with van der Waals surface area (Å²) in [5.74, 6) is 1.34. The first-order valence-corrected chi connectivity index (χ1v) is 7.18. The zero-order valence-electron chi connectivity index (χ0n) is 11.4. The maximum Gasteiger partial charge on any atom is 0.0923 e. The summed E-state index contributed by atoms with van der Waals surface area (Å²) in [4.78, 5) is 2.36. The smallest absolute Gasteiger partial charge is 0.0923 e. The van der Waals surface area contributed by atoms with Crippen LogP contribution in [0.2, 0.25) is 0 Å². The summed E-state index contributed by atoms with van der Waals surface area (Å²) in [6, 6.07) is 0.656. The Kier molecular flexibility index (Phi) is 4.11. The molecule has 3 N–H and O–H groups in total. The molecule has 0 heterocycles. The van der Waals surface area contributed by atoms with E-state index in [1.54, 1.807) is 0 Å². The summed E-state index contributed by atoms with van der Waals surface area (Å²) in [5, 5.41) is 10.5. The summed E-state index contributed by atoms with van der Waals surface area (Å²) in [5.41, 5.74) is 5.14. The van der Waals surface area contributed by atoms with Crippen molar-refractivity contribution in [2.24, 2.45) is 17.6 Å². The van der Waals surface area contributed by atoms with Gasteiger partial charge in [-0.15, -0.1) is 0 Å². The molecule has 0 aliphatic heterocycles. The zero-order valence-corrected chi connectivity index (χ0v) is 11.4. The van der Waals surface area contributed by atoms with Gasteiger partial charge in [0.1, 0.15) is 0 Å². The van der Waals surface area contributed by atoms with Gasteiger partial charge in [-0.2, -0.15) is 0 Å². The Labute approximate surface area is 105 Å². The summed E-state index contributed by atoms with van der Waals surface area (Å²) in [6.07, 6.45) is 7.54. The van der Waals surface area contributed by atoms with Crippen LogP contribution >= 0.6 is 0 Å². The van der Waals surface area contributed by atoms with Gasteiger partial charge in [0.15, 0.2) is 0 Å². The van der Waals surface area contributed by atoms with Crippen LogP contribution in [0.5, 0.6) is 0 Å². The number of nitrogens with two attached hydrogens (primary N) is 1. The third-order valence-corrected chi connectivity index (χ3v) is 4.82. The van der Waals surface area contributed by atoms with E-state index >= 15 is 0 Å². The van der Waals surface area contributed by atoms with Crippen molar-refractivity contribution < 1.29 is 5.11 Å². The van der Waals surface area contributed by atoms with Crippen molar-refractivity contribution in [2.45, 2.75) is 57.1 Å². The van der Waals surface area contributed by atoms with Crippen molar-refractivity contribution in [1.29, 1.82) is 0 Å². The average Bonchev–Trinajstić information content (AvgIpc) is 3.13. The van der Waals surface area contributed by atoms with Crippen molar-refractivity contribution in [3.05, 3.63) is 0 Å². The first-order valence-electron chi connectivity index (χ1n) is 7.18. The molecule has 100 valence electrons. The van der Waals surface area contributed by atoms with Gasteiger partial charge < -0.3 is 15.7 Å². The highest BCUT2D eigenvalue weighted by Crippen LogP contribution is 2.40. The van der Waals surface area contributed by atoms with Gasteiger partial charge in [-0.1, -0.05) is 6.92 Å². The van der Waals surface area contributed by atoms with Gasteiger partial charge in [-0.25, -0.2) is 0 Å². The molecule has 0 radical (unpaired) electrons. The van der Waals surface area contributed by atoms with Gasteiger partial charge in [0.25, 0.3) is 0 Å². The average molecular weight is 240 g/mol. The predicted molar refractivity (Wildman–Crippen MR) is 70.8 cm³/mol. The standard InChI is InChI=1S/C14H28N2O/c1-11-3-7-13(8-4-11)16(2)10-14(17,9-15)12-5-6-12/h11-13,17H,3-10,15H2,1-2H3. The second kappa shape index (κ2) is 5.25. The van der Waals surface area contributed by atoms with Gasteiger partial charge in [0.2, 0.25) is 0 Å². The molecule has 2 aliphatic rings. The molecule has 0 aromatic heterocycles. The van der Waals surface area contributed by atoms with Crippen molar-refractivity contribution >= 4 is 0 Å². The molecular weight excluding hydrogens is 212 g/mol. The fourth-order valence-corrected chi connectivity index (χ4v) is 3.23. The molecule has 0 amide bonds. The normalized spacial score (nSPS) is 33.7. The molecule has 2 aliphatic carbocycles. The van der Waals surface area contributed by atoms with Crippen molar-refractivity contribution in [2.75, 3.05) is 20.1 Å². The van der Waals surface area contributed by atoms with E-state index in [0.717, 1.165) is 25.3 Å². The lowest BCUT2D eigenvalue weighted by Crippen LogP contribution is -2.52. The second-order valence-corrected chi connectivity index (χ2v) is 6.41. The Morgan fingerprint density at radius 2 is 1.76 bits per heavy atom. The molecule has 3 heteroatoms. The van der Waals surface area contributed by atoms with Gasteiger partial charge in [-0.3, -0.25) is 0 Å². The Bertz CT molecular complexity index is 247. The van der Waals surface area contributed by atoms with E-state index in [2.05, 4.69) is 18.9 Å². The SMILES string of the molecule is CC1CCC(N(C)CC(O)(CN)C2CC2)CC1. The molecule has 2 saturated carbocycles. The van der Waals surface area contributed by atoms with E-state index in [-0.39, 0.29) is 0 Å². The highest BCUT2D eigenvalue weighted by Gasteiger charge is 2.44. The molecule has 0 aromatic carbocycles. The molecule has 0 aromatic rings. The Hall–Kier alpha value is -0.120. The third kappa shape index (κ3) is 3.21. The molecular formula is C14H28N2O. The number of rotatable bonds is 5. The van der Waals surface area contributed by atoms with Crippen LogP contribution in [0.1, 0.15) is 45.4 Å². The minimum atomic E-state index is -0.627. The van der Waals surface area contributed by atoms with Crippen molar-refractivity contribution in [3.63, 3.8) is 0 Å². The lowest BCUT2D eigenvalue weighted by molar-refractivity contribution is -0.0169. The van der Waals surface area contributed by atoms with Crippen LogP contribution in [0.25, 0.3) is 0 Å². The van der Waals surface area contributed by atoms with Crippen molar-refractivity contribution in [3.8, 4) is 0 Å². The molecule has 17 heavy (non-hydrogen) atoms. The number of nitrogens with zero attached hydrogens (tertiary/aromatic N) is 1. The maximum absolute atomic E-state index is 10.5. The van der Waals surface area contributed by atoms with Crippen molar-refractivity contribution in [1.82, 2.24) is 4.90 Å². The lowest BCUT2D eigenvalue weighted by Gasteiger charge is -2.38. The van der Waals surface area contributed by atoms with Crippen LogP contribution in [0.4, 0.5) is 0 Å². The largest absolute Gasteiger partial charge is 0.387 e. The third-order valence-electron chi connectivity index (χ3n) is 4.82. The minimum Gasteiger partial charge on any atom is -0.387 e. The predicted octanol–water partition coefficient (Wildman–Crippen LogP) is 1.60. The number of likely N-dealkylation sites (N-methyl/N-ethyl adjacent to an activating group) is 1. The summed E-state index contributed by atoms with van der Waals surface area (Å²) in [6.45, 7) is 3.51. The van der Waals surface area contributed by atoms with Crippen LogP contribution in [0, 0.1) is 11.8 Å². The van der Waals surface area contributed by atoms with E-state index in [4.69, 9.17) is 5.73 Å². The van der Waals surface area contributed by atoms with E-state index in [1.165, 1.54) is 25.7 Å². The monoisotopic (exact) mass is 240 g/mol. The molecule has 1 unspecified atom stereocenters. The summed E-state index contributed by atoms with van der Waals surface area (Å²) in [7, 11) is 2.16.